The van der Waals surface area contributed by atoms with Gasteiger partial charge in [-0.1, -0.05) is 24.3 Å². The predicted molar refractivity (Wildman–Crippen MR) is 78.8 cm³/mol. The molecule has 2 aromatic rings. The van der Waals surface area contributed by atoms with Gasteiger partial charge in [-0.25, -0.2) is 4.39 Å². The summed E-state index contributed by atoms with van der Waals surface area (Å²) in [6.07, 6.45) is -0.812. The van der Waals surface area contributed by atoms with Crippen LogP contribution in [0.25, 0.3) is 0 Å². The first kappa shape index (κ1) is 15.3. The minimum Gasteiger partial charge on any atom is -0.489 e. The molecule has 0 fully saturated rings. The Morgan fingerprint density at radius 2 is 1.95 bits per heavy atom. The first-order valence-corrected chi connectivity index (χ1v) is 6.68. The Kier molecular flexibility index (Phi) is 5.54. The second-order valence-electron chi connectivity index (χ2n) is 4.63. The Morgan fingerprint density at radius 3 is 2.71 bits per heavy atom. The van der Waals surface area contributed by atoms with Crippen LogP contribution in [-0.2, 0) is 6.61 Å². The van der Waals surface area contributed by atoms with Crippen molar-refractivity contribution in [3.63, 3.8) is 0 Å². The van der Waals surface area contributed by atoms with Crippen LogP contribution in [0, 0.1) is 5.82 Å². The number of anilines is 1. The second-order valence-corrected chi connectivity index (χ2v) is 4.63. The minimum atomic E-state index is -0.812. The van der Waals surface area contributed by atoms with Gasteiger partial charge in [0.1, 0.15) is 18.2 Å². The maximum absolute atomic E-state index is 13.5. The molecule has 1 unspecified atom stereocenters. The van der Waals surface area contributed by atoms with Crippen molar-refractivity contribution in [1.29, 1.82) is 0 Å². The van der Waals surface area contributed by atoms with E-state index in [0.717, 1.165) is 5.69 Å². The van der Waals surface area contributed by atoms with E-state index in [0.29, 0.717) is 11.3 Å². The molecule has 4 nitrogen and oxygen atoms in total. The number of halogens is 1. The van der Waals surface area contributed by atoms with Crippen LogP contribution >= 0.6 is 0 Å². The SMILES string of the molecule is OCC(O)CNc1cccc(OCc2ccccc2F)c1. The summed E-state index contributed by atoms with van der Waals surface area (Å²) in [6, 6.07) is 13.6. The van der Waals surface area contributed by atoms with Crippen LogP contribution in [0.15, 0.2) is 48.5 Å². The van der Waals surface area contributed by atoms with Crippen LogP contribution in [-0.4, -0.2) is 29.5 Å². The molecule has 0 heterocycles. The smallest absolute Gasteiger partial charge is 0.129 e. The van der Waals surface area contributed by atoms with Gasteiger partial charge in [-0.3, -0.25) is 0 Å². The lowest BCUT2D eigenvalue weighted by Crippen LogP contribution is -2.22. The van der Waals surface area contributed by atoms with Crippen LogP contribution in [0.4, 0.5) is 10.1 Å². The molecule has 0 spiro atoms. The molecule has 0 aliphatic carbocycles. The quantitative estimate of drug-likeness (QED) is 0.731. The highest BCUT2D eigenvalue weighted by Gasteiger charge is 2.04. The average Bonchev–Trinajstić information content (AvgIpc) is 2.52. The third-order valence-corrected chi connectivity index (χ3v) is 2.94. The molecule has 2 aromatic carbocycles. The van der Waals surface area contributed by atoms with Gasteiger partial charge in [0.05, 0.1) is 12.7 Å². The Bertz CT molecular complexity index is 577. The largest absolute Gasteiger partial charge is 0.489 e. The maximum atomic E-state index is 13.5. The van der Waals surface area contributed by atoms with Gasteiger partial charge in [-0.05, 0) is 18.2 Å². The average molecular weight is 291 g/mol. The number of nitrogens with one attached hydrogen (secondary N) is 1. The van der Waals surface area contributed by atoms with Gasteiger partial charge < -0.3 is 20.3 Å². The lowest BCUT2D eigenvalue weighted by atomic mass is 10.2. The van der Waals surface area contributed by atoms with Crippen molar-refractivity contribution < 1.29 is 19.3 Å². The highest BCUT2D eigenvalue weighted by atomic mass is 19.1. The molecular weight excluding hydrogens is 273 g/mol. The molecule has 0 aromatic heterocycles. The zero-order valence-corrected chi connectivity index (χ0v) is 11.5. The molecule has 0 radical (unpaired) electrons. The first-order chi connectivity index (χ1) is 10.2. The monoisotopic (exact) mass is 291 g/mol. The molecule has 5 heteroatoms. The van der Waals surface area contributed by atoms with Crippen LogP contribution in [0.5, 0.6) is 5.75 Å². The van der Waals surface area contributed by atoms with E-state index < -0.39 is 6.10 Å². The molecule has 0 amide bonds. The van der Waals surface area contributed by atoms with E-state index in [4.69, 9.17) is 9.84 Å². The van der Waals surface area contributed by atoms with Gasteiger partial charge in [0, 0.05) is 23.9 Å². The minimum absolute atomic E-state index is 0.148. The van der Waals surface area contributed by atoms with Gasteiger partial charge >= 0.3 is 0 Å². The molecule has 0 aliphatic heterocycles. The highest BCUT2D eigenvalue weighted by molar-refractivity contribution is 5.48. The van der Waals surface area contributed by atoms with Crippen molar-refractivity contribution in [1.82, 2.24) is 0 Å². The van der Waals surface area contributed by atoms with E-state index in [9.17, 15) is 9.50 Å². The number of aliphatic hydroxyl groups is 2. The molecule has 0 bridgehead atoms. The molecule has 0 saturated heterocycles. The Balaban J connectivity index is 1.93. The third-order valence-electron chi connectivity index (χ3n) is 2.94. The number of benzene rings is 2. The van der Waals surface area contributed by atoms with Gasteiger partial charge in [0.2, 0.25) is 0 Å². The van der Waals surface area contributed by atoms with E-state index in [1.165, 1.54) is 6.07 Å². The number of hydrogen-bond acceptors (Lipinski definition) is 4. The molecule has 112 valence electrons. The van der Waals surface area contributed by atoms with Crippen molar-refractivity contribution in [3.05, 3.63) is 59.9 Å². The molecule has 1 atom stereocenters. The predicted octanol–water partition coefficient (Wildman–Crippen LogP) is 2.17. The van der Waals surface area contributed by atoms with Crippen LogP contribution in [0.2, 0.25) is 0 Å². The molecule has 2 rings (SSSR count). The fraction of sp³-hybridized carbons (Fsp3) is 0.250. The highest BCUT2D eigenvalue weighted by Crippen LogP contribution is 2.19. The summed E-state index contributed by atoms with van der Waals surface area (Å²) in [5.41, 5.74) is 1.25. The molecule has 0 saturated carbocycles. The van der Waals surface area contributed by atoms with Crippen LogP contribution < -0.4 is 10.1 Å². The topological polar surface area (TPSA) is 61.7 Å². The fourth-order valence-electron chi connectivity index (χ4n) is 1.77. The lowest BCUT2D eigenvalue weighted by Gasteiger charge is -2.12. The van der Waals surface area contributed by atoms with Crippen molar-refractivity contribution in [2.45, 2.75) is 12.7 Å². The normalized spacial score (nSPS) is 12.0. The number of hydrogen-bond donors (Lipinski definition) is 3. The summed E-state index contributed by atoms with van der Waals surface area (Å²) in [7, 11) is 0. The number of rotatable bonds is 7. The standard InChI is InChI=1S/C16H18FNO3/c17-16-7-2-1-4-12(16)11-21-15-6-3-5-13(8-15)18-9-14(20)10-19/h1-8,14,18-20H,9-11H2. The maximum Gasteiger partial charge on any atom is 0.129 e. The summed E-state index contributed by atoms with van der Waals surface area (Å²) in [5.74, 6) is 0.305. The second kappa shape index (κ2) is 7.61. The van der Waals surface area contributed by atoms with Gasteiger partial charge in [0.15, 0.2) is 0 Å². The lowest BCUT2D eigenvalue weighted by molar-refractivity contribution is 0.105. The number of aliphatic hydroxyl groups excluding tert-OH is 2. The van der Waals surface area contributed by atoms with Crippen molar-refractivity contribution >= 4 is 5.69 Å². The summed E-state index contributed by atoms with van der Waals surface area (Å²) >= 11 is 0. The Hall–Kier alpha value is -2.11. The molecular formula is C16H18FNO3. The van der Waals surface area contributed by atoms with E-state index >= 15 is 0 Å². The zero-order valence-electron chi connectivity index (χ0n) is 11.5. The third kappa shape index (κ3) is 4.73. The first-order valence-electron chi connectivity index (χ1n) is 6.68. The fourth-order valence-corrected chi connectivity index (χ4v) is 1.77. The van der Waals surface area contributed by atoms with Gasteiger partial charge in [-0.2, -0.15) is 0 Å². The summed E-state index contributed by atoms with van der Waals surface area (Å²) < 4.78 is 19.0. The van der Waals surface area contributed by atoms with E-state index in [-0.39, 0.29) is 25.6 Å². The summed E-state index contributed by atoms with van der Waals surface area (Å²) in [5, 5.41) is 21.0. The van der Waals surface area contributed by atoms with Crippen molar-refractivity contribution in [2.24, 2.45) is 0 Å². The molecule has 21 heavy (non-hydrogen) atoms. The molecule has 0 aliphatic rings. The van der Waals surface area contributed by atoms with Crippen molar-refractivity contribution in [2.75, 3.05) is 18.5 Å². The zero-order chi connectivity index (χ0) is 15.1. The Labute approximate surface area is 122 Å². The number of ether oxygens (including phenoxy) is 1. The van der Waals surface area contributed by atoms with E-state index in [1.807, 2.05) is 6.07 Å². The van der Waals surface area contributed by atoms with Gasteiger partial charge in [0.25, 0.3) is 0 Å². The Morgan fingerprint density at radius 1 is 1.14 bits per heavy atom. The van der Waals surface area contributed by atoms with Crippen molar-refractivity contribution in [3.8, 4) is 5.75 Å². The summed E-state index contributed by atoms with van der Waals surface area (Å²) in [4.78, 5) is 0. The van der Waals surface area contributed by atoms with Crippen LogP contribution in [0.1, 0.15) is 5.56 Å². The van der Waals surface area contributed by atoms with Crippen LogP contribution in [0.3, 0.4) is 0 Å². The van der Waals surface area contributed by atoms with E-state index in [2.05, 4.69) is 5.32 Å². The van der Waals surface area contributed by atoms with Gasteiger partial charge in [-0.15, -0.1) is 0 Å². The summed E-state index contributed by atoms with van der Waals surface area (Å²) in [6.45, 7) is 0.0964. The molecule has 3 N–H and O–H groups in total. The van der Waals surface area contributed by atoms with E-state index in [1.54, 1.807) is 36.4 Å².